The second kappa shape index (κ2) is 9.67. The molecule has 0 aliphatic carbocycles. The van der Waals surface area contributed by atoms with E-state index in [4.69, 9.17) is 4.74 Å². The number of carbonyl (C=O) groups is 1. The van der Waals surface area contributed by atoms with Crippen molar-refractivity contribution in [3.8, 4) is 5.75 Å². The summed E-state index contributed by atoms with van der Waals surface area (Å²) in [6, 6.07) is 14.2. The van der Waals surface area contributed by atoms with Crippen LogP contribution in [0.15, 0.2) is 69.4 Å². The maximum Gasteiger partial charge on any atom is 0.311 e. The lowest BCUT2D eigenvalue weighted by molar-refractivity contribution is -0.417. The fourth-order valence-corrected chi connectivity index (χ4v) is 4.24. The Kier molecular flexibility index (Phi) is 6.98. The Hall–Kier alpha value is -3.31. The molecule has 162 valence electrons. The molecule has 0 aliphatic rings. The molecule has 0 spiro atoms. The Bertz CT molecular complexity index is 1220. The minimum Gasteiger partial charge on any atom is -0.497 e. The van der Waals surface area contributed by atoms with Gasteiger partial charge in [0.25, 0.3) is 5.16 Å². The van der Waals surface area contributed by atoms with Gasteiger partial charge in [-0.05, 0) is 55.1 Å². The van der Waals surface area contributed by atoms with E-state index in [2.05, 4.69) is 20.0 Å². The van der Waals surface area contributed by atoms with Gasteiger partial charge in [0.2, 0.25) is 11.7 Å². The third kappa shape index (κ3) is 6.33. The standard InChI is InChI=1S/C20H20N4O5S2/c1-13-3-9-16(10-4-13)31(27,28)24-17-11-18(25)23-20(22-17)30-12-19(26)21-14-5-7-15(29-2)8-6-14/h3-11H,12H2,1-2H3,(H,21,26)(H2,22,23,24,25)/p+1. The largest absolute Gasteiger partial charge is 0.497 e. The number of H-pyrrole nitrogens is 2. The number of amides is 1. The Morgan fingerprint density at radius 3 is 2.45 bits per heavy atom. The van der Waals surface area contributed by atoms with Crippen LogP contribution in [0.1, 0.15) is 5.56 Å². The summed E-state index contributed by atoms with van der Waals surface area (Å²) in [6.07, 6.45) is 0. The molecule has 1 aromatic heterocycles. The van der Waals surface area contributed by atoms with E-state index in [-0.39, 0.29) is 27.5 Å². The van der Waals surface area contributed by atoms with Crippen molar-refractivity contribution in [2.45, 2.75) is 17.0 Å². The minimum atomic E-state index is -3.87. The number of benzene rings is 2. The van der Waals surface area contributed by atoms with Gasteiger partial charge in [-0.2, -0.15) is 13.1 Å². The van der Waals surface area contributed by atoms with Crippen molar-refractivity contribution < 1.29 is 22.9 Å². The summed E-state index contributed by atoms with van der Waals surface area (Å²) in [4.78, 5) is 29.5. The summed E-state index contributed by atoms with van der Waals surface area (Å²) in [6.45, 7) is 1.85. The monoisotopic (exact) mass is 461 g/mol. The number of aromatic amines is 2. The summed E-state index contributed by atoms with van der Waals surface area (Å²) in [5.41, 5.74) is 1.01. The highest BCUT2D eigenvalue weighted by Crippen LogP contribution is 2.17. The molecule has 3 rings (SSSR count). The number of carbonyl (C=O) groups excluding carboxylic acids is 1. The molecule has 0 unspecified atom stereocenters. The first-order valence-corrected chi connectivity index (χ1v) is 11.5. The Morgan fingerprint density at radius 2 is 1.81 bits per heavy atom. The smallest absolute Gasteiger partial charge is 0.311 e. The van der Waals surface area contributed by atoms with E-state index in [9.17, 15) is 18.0 Å². The zero-order valence-corrected chi connectivity index (χ0v) is 18.4. The molecule has 1 amide bonds. The molecule has 0 saturated heterocycles. The van der Waals surface area contributed by atoms with Crippen LogP contribution < -0.4 is 25.3 Å². The van der Waals surface area contributed by atoms with E-state index in [0.717, 1.165) is 23.4 Å². The number of hydrogen-bond donors (Lipinski definition) is 3. The van der Waals surface area contributed by atoms with Gasteiger partial charge in [0.05, 0.1) is 18.9 Å². The molecule has 9 nitrogen and oxygen atoms in total. The van der Waals surface area contributed by atoms with E-state index in [1.165, 1.54) is 12.1 Å². The van der Waals surface area contributed by atoms with Gasteiger partial charge in [-0.15, -0.1) is 0 Å². The maximum atomic E-state index is 12.5. The summed E-state index contributed by atoms with van der Waals surface area (Å²) >= 11 is 1.02. The van der Waals surface area contributed by atoms with Crippen molar-refractivity contribution in [3.63, 3.8) is 0 Å². The van der Waals surface area contributed by atoms with Crippen LogP contribution >= 0.6 is 11.8 Å². The Balaban J connectivity index is 1.65. The van der Waals surface area contributed by atoms with Gasteiger partial charge < -0.3 is 10.1 Å². The number of thioether (sulfide) groups is 1. The van der Waals surface area contributed by atoms with Crippen LogP contribution in [0, 0.1) is 6.92 Å². The van der Waals surface area contributed by atoms with Gasteiger partial charge >= 0.3 is 15.6 Å². The minimum absolute atomic E-state index is 0.00731. The number of aryl methyl sites for hydroxylation is 1. The van der Waals surface area contributed by atoms with Gasteiger partial charge in [0.15, 0.2) is 0 Å². The van der Waals surface area contributed by atoms with Crippen molar-refractivity contribution in [2.24, 2.45) is 0 Å². The average molecular weight is 462 g/mol. The zero-order chi connectivity index (χ0) is 22.4. The molecule has 0 aliphatic heterocycles. The van der Waals surface area contributed by atoms with Crippen LogP contribution in [0.5, 0.6) is 5.75 Å². The lowest BCUT2D eigenvalue weighted by atomic mass is 10.2. The normalized spacial score (nSPS) is 11.0. The van der Waals surface area contributed by atoms with E-state index < -0.39 is 15.6 Å². The molecule has 3 aromatic rings. The lowest BCUT2D eigenvalue weighted by Gasteiger charge is -2.06. The lowest BCUT2D eigenvalue weighted by Crippen LogP contribution is -2.26. The number of methoxy groups -OCH3 is 1. The van der Waals surface area contributed by atoms with Crippen molar-refractivity contribution >= 4 is 39.2 Å². The van der Waals surface area contributed by atoms with E-state index in [0.29, 0.717) is 11.4 Å². The highest BCUT2D eigenvalue weighted by molar-refractivity contribution is 7.99. The average Bonchev–Trinajstić information content (AvgIpc) is 2.72. The van der Waals surface area contributed by atoms with Crippen molar-refractivity contribution in [3.05, 3.63) is 70.5 Å². The fraction of sp³-hybridized carbons (Fsp3) is 0.150. The van der Waals surface area contributed by atoms with E-state index in [1.54, 1.807) is 43.5 Å². The Morgan fingerprint density at radius 1 is 1.13 bits per heavy atom. The molecule has 2 aromatic carbocycles. The molecule has 4 N–H and O–H groups in total. The number of sulfonamides is 1. The van der Waals surface area contributed by atoms with Crippen LogP contribution in [0.25, 0.3) is 0 Å². The van der Waals surface area contributed by atoms with Gasteiger partial charge in [-0.3, -0.25) is 9.59 Å². The molecule has 0 fully saturated rings. The number of aromatic nitrogens is 2. The predicted octanol–water partition coefficient (Wildman–Crippen LogP) is 2.04. The number of ether oxygens (including phenoxy) is 1. The number of rotatable bonds is 8. The first kappa shape index (κ1) is 22.4. The molecular weight excluding hydrogens is 440 g/mol. The second-order valence-corrected chi connectivity index (χ2v) is 9.15. The first-order valence-electron chi connectivity index (χ1n) is 9.08. The topological polar surface area (TPSA) is 132 Å². The van der Waals surface area contributed by atoms with Gasteiger partial charge in [0.1, 0.15) is 10.6 Å². The highest BCUT2D eigenvalue weighted by atomic mass is 32.2. The highest BCUT2D eigenvalue weighted by Gasteiger charge is 2.20. The molecule has 0 bridgehead atoms. The van der Waals surface area contributed by atoms with Gasteiger partial charge in [0, 0.05) is 5.69 Å². The molecule has 31 heavy (non-hydrogen) atoms. The molecular formula is C20H21N4O5S2+. The molecule has 1 heterocycles. The zero-order valence-electron chi connectivity index (χ0n) is 16.8. The summed E-state index contributed by atoms with van der Waals surface area (Å²) < 4.78 is 32.5. The van der Waals surface area contributed by atoms with Crippen LogP contribution in [-0.2, 0) is 14.8 Å². The van der Waals surface area contributed by atoms with Gasteiger partial charge in [-0.25, -0.2) is 9.97 Å². The molecule has 11 heteroatoms. The molecule has 0 saturated carbocycles. The second-order valence-electron chi connectivity index (χ2n) is 6.49. The van der Waals surface area contributed by atoms with Crippen LogP contribution in [0.3, 0.4) is 0 Å². The predicted molar refractivity (Wildman–Crippen MR) is 118 cm³/mol. The fourth-order valence-electron chi connectivity index (χ4n) is 2.53. The van der Waals surface area contributed by atoms with Crippen LogP contribution in [0.2, 0.25) is 0 Å². The van der Waals surface area contributed by atoms with Crippen LogP contribution in [0.4, 0.5) is 11.5 Å². The first-order chi connectivity index (χ1) is 14.7. The van der Waals surface area contributed by atoms with E-state index >= 15 is 0 Å². The number of anilines is 2. The third-order valence-corrected chi connectivity index (χ3v) is 6.34. The Labute approximate surface area is 183 Å². The van der Waals surface area contributed by atoms with Crippen molar-refractivity contribution in [2.75, 3.05) is 22.9 Å². The van der Waals surface area contributed by atoms with Crippen molar-refractivity contribution in [1.29, 1.82) is 0 Å². The van der Waals surface area contributed by atoms with Crippen molar-refractivity contribution in [1.82, 2.24) is 4.98 Å². The van der Waals surface area contributed by atoms with E-state index in [1.807, 2.05) is 6.92 Å². The van der Waals surface area contributed by atoms with Gasteiger partial charge in [-0.1, -0.05) is 17.7 Å². The quantitative estimate of drug-likeness (QED) is 0.347. The number of hydrogen-bond acceptors (Lipinski definition) is 6. The third-order valence-electron chi connectivity index (χ3n) is 4.06. The summed E-state index contributed by atoms with van der Waals surface area (Å²) in [5, 5.41) is 2.96. The number of nitrogens with one attached hydrogen (secondary N) is 4. The molecule has 0 radical (unpaired) electrons. The SMILES string of the molecule is COc1ccc(NC(=O)CSc2[nH]c(=O)cc(NS(=O)(=O)c3ccc(C)cc3)[nH+]2)cc1. The summed E-state index contributed by atoms with van der Waals surface area (Å²) in [5.74, 6) is 0.356. The van der Waals surface area contributed by atoms with Crippen LogP contribution in [-0.4, -0.2) is 32.2 Å². The summed E-state index contributed by atoms with van der Waals surface area (Å²) in [7, 11) is -2.32. The molecule has 0 atom stereocenters. The maximum absolute atomic E-state index is 12.5.